The number of H-pyrrole nitrogens is 1. The molecule has 0 atom stereocenters. The molecule has 1 amide bonds. The van der Waals surface area contributed by atoms with E-state index in [0.717, 1.165) is 22.3 Å². The van der Waals surface area contributed by atoms with Crippen LogP contribution >= 0.6 is 11.3 Å². The van der Waals surface area contributed by atoms with Crippen LogP contribution in [0.25, 0.3) is 21.6 Å². The smallest absolute Gasteiger partial charge is 0.257 e. The number of aromatic amines is 1. The summed E-state index contributed by atoms with van der Waals surface area (Å²) in [6.45, 7) is 0.692. The fourth-order valence-electron chi connectivity index (χ4n) is 3.02. The minimum Gasteiger partial charge on any atom is -0.347 e. The van der Waals surface area contributed by atoms with Gasteiger partial charge >= 0.3 is 0 Å². The number of para-hydroxylation sites is 1. The Morgan fingerprint density at radius 2 is 2.26 bits per heavy atom. The van der Waals surface area contributed by atoms with Crippen molar-refractivity contribution in [2.45, 2.75) is 19.4 Å². The van der Waals surface area contributed by atoms with Crippen LogP contribution in [0.5, 0.6) is 0 Å². The molecule has 2 N–H and O–H groups in total. The molecule has 0 saturated heterocycles. The second-order valence-corrected chi connectivity index (χ2v) is 6.86. The number of thiazole rings is 1. The highest BCUT2D eigenvalue weighted by molar-refractivity contribution is 7.13. The van der Waals surface area contributed by atoms with Crippen LogP contribution in [0.1, 0.15) is 23.2 Å². The average molecular weight is 376 g/mol. The Morgan fingerprint density at radius 3 is 3.07 bits per heavy atom. The topological polar surface area (TPSA) is 99.4 Å². The molecule has 0 spiro atoms. The minimum absolute atomic E-state index is 0.204. The number of carbonyl (C=O) groups excluding carboxylic acids is 1. The number of anilines is 1. The summed E-state index contributed by atoms with van der Waals surface area (Å²) in [6.07, 6.45) is 6.37. The lowest BCUT2D eigenvalue weighted by atomic mass is 10.1. The summed E-state index contributed by atoms with van der Waals surface area (Å²) in [5, 5.41) is 22.1. The van der Waals surface area contributed by atoms with Crippen LogP contribution in [0.3, 0.4) is 0 Å². The maximum Gasteiger partial charge on any atom is 0.257 e. The number of aryl methyl sites for hydroxylation is 1. The highest BCUT2D eigenvalue weighted by atomic mass is 32.1. The van der Waals surface area contributed by atoms with Gasteiger partial charge in [0.1, 0.15) is 10.7 Å². The number of fused-ring (bicyclic) bond motifs is 1. The summed E-state index contributed by atoms with van der Waals surface area (Å²) in [5.74, 6) is -0.204. The van der Waals surface area contributed by atoms with Crippen molar-refractivity contribution in [3.05, 3.63) is 53.8 Å². The van der Waals surface area contributed by atoms with E-state index in [4.69, 9.17) is 5.26 Å². The molecule has 134 valence electrons. The van der Waals surface area contributed by atoms with Crippen molar-refractivity contribution in [1.82, 2.24) is 19.7 Å². The lowest BCUT2D eigenvalue weighted by Crippen LogP contribution is -2.11. The van der Waals surface area contributed by atoms with Gasteiger partial charge in [-0.05, 0) is 12.5 Å². The molecule has 7 nitrogen and oxygen atoms in total. The van der Waals surface area contributed by atoms with E-state index in [2.05, 4.69) is 26.6 Å². The maximum absolute atomic E-state index is 13.0. The molecule has 27 heavy (non-hydrogen) atoms. The Hall–Kier alpha value is -3.44. The first-order valence-corrected chi connectivity index (χ1v) is 9.35. The molecule has 3 aromatic heterocycles. The third kappa shape index (κ3) is 3.32. The zero-order valence-electron chi connectivity index (χ0n) is 14.3. The van der Waals surface area contributed by atoms with Gasteiger partial charge in [-0.25, -0.2) is 4.98 Å². The number of benzene rings is 1. The van der Waals surface area contributed by atoms with Crippen LogP contribution in [-0.2, 0) is 6.54 Å². The Morgan fingerprint density at radius 1 is 1.37 bits per heavy atom. The summed E-state index contributed by atoms with van der Waals surface area (Å²) < 4.78 is 2.03. The number of amides is 1. The van der Waals surface area contributed by atoms with Gasteiger partial charge in [0.05, 0.1) is 23.5 Å². The van der Waals surface area contributed by atoms with Gasteiger partial charge in [-0.1, -0.05) is 18.2 Å². The molecule has 0 aliphatic rings. The summed E-state index contributed by atoms with van der Waals surface area (Å²) in [4.78, 5) is 17.2. The Kier molecular flexibility index (Phi) is 4.68. The van der Waals surface area contributed by atoms with E-state index in [1.165, 1.54) is 11.3 Å². The second kappa shape index (κ2) is 7.43. The quantitative estimate of drug-likeness (QED) is 0.496. The van der Waals surface area contributed by atoms with E-state index >= 15 is 0 Å². The molecule has 3 heterocycles. The SMILES string of the molecule is N#CCCCn1cc(C(=O)Nc2cn[nH]c2-c2nccs2)c2ccccc21. The summed E-state index contributed by atoms with van der Waals surface area (Å²) in [7, 11) is 0. The lowest BCUT2D eigenvalue weighted by molar-refractivity contribution is 0.102. The molecule has 8 heteroatoms. The van der Waals surface area contributed by atoms with Crippen molar-refractivity contribution < 1.29 is 4.79 Å². The fourth-order valence-corrected chi connectivity index (χ4v) is 3.67. The molecule has 0 aliphatic carbocycles. The highest BCUT2D eigenvalue weighted by Gasteiger charge is 2.18. The van der Waals surface area contributed by atoms with E-state index in [1.807, 2.05) is 40.4 Å². The number of hydrogen-bond donors (Lipinski definition) is 2. The van der Waals surface area contributed by atoms with Crippen molar-refractivity contribution in [2.75, 3.05) is 5.32 Å². The third-order valence-electron chi connectivity index (χ3n) is 4.25. The Balaban J connectivity index is 1.64. The van der Waals surface area contributed by atoms with Gasteiger partial charge < -0.3 is 9.88 Å². The highest BCUT2D eigenvalue weighted by Crippen LogP contribution is 2.28. The number of hydrogen-bond acceptors (Lipinski definition) is 5. The lowest BCUT2D eigenvalue weighted by Gasteiger charge is -2.03. The molecule has 0 aliphatic heterocycles. The van der Waals surface area contributed by atoms with Crippen molar-refractivity contribution in [1.29, 1.82) is 5.26 Å². The predicted molar refractivity (Wildman–Crippen MR) is 104 cm³/mol. The number of nitriles is 1. The number of rotatable bonds is 6. The van der Waals surface area contributed by atoms with Gasteiger partial charge in [-0.2, -0.15) is 10.4 Å². The normalized spacial score (nSPS) is 10.8. The zero-order valence-corrected chi connectivity index (χ0v) is 15.2. The average Bonchev–Trinajstić information content (AvgIpc) is 3.41. The van der Waals surface area contributed by atoms with E-state index in [0.29, 0.717) is 29.9 Å². The molecule has 0 fully saturated rings. The van der Waals surface area contributed by atoms with Gasteiger partial charge in [0.25, 0.3) is 5.91 Å². The summed E-state index contributed by atoms with van der Waals surface area (Å²) >= 11 is 1.47. The number of nitrogens with zero attached hydrogens (tertiary/aromatic N) is 4. The molecule has 0 bridgehead atoms. The van der Waals surface area contributed by atoms with Gasteiger partial charge in [0.2, 0.25) is 0 Å². The monoisotopic (exact) mass is 376 g/mol. The van der Waals surface area contributed by atoms with Crippen molar-refractivity contribution in [3.63, 3.8) is 0 Å². The van der Waals surface area contributed by atoms with E-state index < -0.39 is 0 Å². The van der Waals surface area contributed by atoms with Gasteiger partial charge in [0.15, 0.2) is 0 Å². The van der Waals surface area contributed by atoms with Crippen molar-refractivity contribution in [2.24, 2.45) is 0 Å². The minimum atomic E-state index is -0.204. The van der Waals surface area contributed by atoms with E-state index in [1.54, 1.807) is 12.4 Å². The van der Waals surface area contributed by atoms with Crippen LogP contribution in [0.15, 0.2) is 48.2 Å². The van der Waals surface area contributed by atoms with Gasteiger partial charge in [-0.15, -0.1) is 11.3 Å². The molecule has 4 rings (SSSR count). The molecule has 0 radical (unpaired) electrons. The van der Waals surface area contributed by atoms with Crippen LogP contribution in [0.2, 0.25) is 0 Å². The third-order valence-corrected chi connectivity index (χ3v) is 5.05. The van der Waals surface area contributed by atoms with Gasteiger partial charge in [0, 0.05) is 41.6 Å². The summed E-state index contributed by atoms with van der Waals surface area (Å²) in [6, 6.07) is 9.93. The van der Waals surface area contributed by atoms with Crippen molar-refractivity contribution in [3.8, 4) is 16.8 Å². The first-order chi connectivity index (χ1) is 13.3. The second-order valence-electron chi connectivity index (χ2n) is 5.97. The summed E-state index contributed by atoms with van der Waals surface area (Å²) in [5.41, 5.74) is 2.86. The zero-order chi connectivity index (χ0) is 18.6. The maximum atomic E-state index is 13.0. The standard InChI is InChI=1S/C19H16N6OS/c20-7-3-4-9-25-12-14(13-5-1-2-6-16(13)25)18(26)23-15-11-22-24-17(15)19-21-8-10-27-19/h1-2,5-6,8,10-12H,3-4,9H2,(H,22,24)(H,23,26). The number of aromatic nitrogens is 4. The molecule has 4 aromatic rings. The number of carbonyl (C=O) groups is 1. The van der Waals surface area contributed by atoms with Gasteiger partial charge in [-0.3, -0.25) is 9.89 Å². The Bertz CT molecular complexity index is 1120. The van der Waals surface area contributed by atoms with E-state index in [-0.39, 0.29) is 5.91 Å². The van der Waals surface area contributed by atoms with Crippen molar-refractivity contribution >= 4 is 33.8 Å². The number of nitrogens with one attached hydrogen (secondary N) is 2. The van der Waals surface area contributed by atoms with Crippen LogP contribution in [-0.4, -0.2) is 25.7 Å². The van der Waals surface area contributed by atoms with Crippen LogP contribution in [0, 0.1) is 11.3 Å². The molecular formula is C19H16N6OS. The largest absolute Gasteiger partial charge is 0.347 e. The molecule has 1 aromatic carbocycles. The first kappa shape index (κ1) is 17.0. The predicted octanol–water partition coefficient (Wildman–Crippen LogP) is 4.04. The molecule has 0 saturated carbocycles. The molecule has 0 unspecified atom stereocenters. The van der Waals surface area contributed by atoms with E-state index in [9.17, 15) is 4.79 Å². The first-order valence-electron chi connectivity index (χ1n) is 8.47. The molecular weight excluding hydrogens is 360 g/mol. The van der Waals surface area contributed by atoms with Crippen LogP contribution < -0.4 is 5.32 Å². The fraction of sp³-hybridized carbons (Fsp3) is 0.158. The Labute approximate surface area is 159 Å². The number of unbranched alkanes of at least 4 members (excludes halogenated alkanes) is 1. The van der Waals surface area contributed by atoms with Crippen LogP contribution in [0.4, 0.5) is 5.69 Å².